The van der Waals surface area contributed by atoms with E-state index in [1.165, 1.54) is 22.3 Å². The summed E-state index contributed by atoms with van der Waals surface area (Å²) in [4.78, 5) is 12.2. The molecule has 14 heteroatoms. The maximum atomic E-state index is 12.2. The summed E-state index contributed by atoms with van der Waals surface area (Å²) < 4.78 is 65.3. The fourth-order valence-electron chi connectivity index (χ4n) is 5.20. The van der Waals surface area contributed by atoms with Crippen LogP contribution in [0.15, 0.2) is 48.5 Å². The van der Waals surface area contributed by atoms with E-state index in [1.807, 2.05) is 24.3 Å². The van der Waals surface area contributed by atoms with E-state index in [0.717, 1.165) is 0 Å². The summed E-state index contributed by atoms with van der Waals surface area (Å²) in [5, 5.41) is 2.74. The van der Waals surface area contributed by atoms with Crippen LogP contribution in [0.4, 0.5) is 4.79 Å². The number of carbonyl (C=O) groups is 1. The monoisotopic (exact) mass is 761 g/mol. The average Bonchev–Trinajstić information content (AvgIpc) is 3.52. The quantitative estimate of drug-likeness (QED) is 0.0803. The van der Waals surface area contributed by atoms with Crippen molar-refractivity contribution in [3.63, 3.8) is 0 Å². The molecular weight excluding hydrogens is 702 g/mol. The van der Waals surface area contributed by atoms with Gasteiger partial charge in [-0.15, -0.1) is 6.42 Å². The number of alkyl carbamates (subject to hydrolysis) is 1. The predicted octanol–water partition coefficient (Wildman–Crippen LogP) is 3.34. The average molecular weight is 762 g/mol. The normalized spacial score (nSPS) is 12.1. The first kappa shape index (κ1) is 45.2. The van der Waals surface area contributed by atoms with Crippen LogP contribution in [0.1, 0.15) is 17.0 Å². The van der Waals surface area contributed by atoms with Crippen LogP contribution < -0.4 is 5.32 Å². The fraction of sp³-hybridized carbons (Fsp3) is 0.625. The molecule has 14 nitrogen and oxygen atoms in total. The Hall–Kier alpha value is -3.17. The summed E-state index contributed by atoms with van der Waals surface area (Å²) in [6, 6.07) is 16.5. The number of ether oxygens (including phenoxy) is 12. The van der Waals surface area contributed by atoms with Crippen LogP contribution in [0.5, 0.6) is 0 Å². The SMILES string of the molecule is C#CCOCCOCCOCCOCCOCCOCCOCCOCCOCCOCCOCCNC(=O)OCC1c2ccccc2-c2ccccc21. The van der Waals surface area contributed by atoms with E-state index in [9.17, 15) is 4.79 Å². The van der Waals surface area contributed by atoms with Crippen LogP contribution in [-0.4, -0.2) is 165 Å². The van der Waals surface area contributed by atoms with Gasteiger partial charge in [0.2, 0.25) is 0 Å². The summed E-state index contributed by atoms with van der Waals surface area (Å²) in [5.74, 6) is 2.43. The van der Waals surface area contributed by atoms with Gasteiger partial charge in [-0.25, -0.2) is 4.79 Å². The number of hydrogen-bond donors (Lipinski definition) is 1. The molecule has 0 spiro atoms. The van der Waals surface area contributed by atoms with Crippen LogP contribution in [0.2, 0.25) is 0 Å². The van der Waals surface area contributed by atoms with Crippen molar-refractivity contribution >= 4 is 6.09 Å². The highest BCUT2D eigenvalue weighted by atomic mass is 16.6. The number of fused-ring (bicyclic) bond motifs is 3. The second kappa shape index (κ2) is 32.1. The third-order valence-electron chi connectivity index (χ3n) is 7.76. The van der Waals surface area contributed by atoms with E-state index in [4.69, 9.17) is 63.3 Å². The molecule has 302 valence electrons. The number of rotatable bonds is 36. The molecule has 2 aromatic carbocycles. The largest absolute Gasteiger partial charge is 0.449 e. The summed E-state index contributed by atoms with van der Waals surface area (Å²) in [6.45, 7) is 11.0. The zero-order valence-corrected chi connectivity index (χ0v) is 31.6. The highest BCUT2D eigenvalue weighted by molar-refractivity contribution is 5.79. The van der Waals surface area contributed by atoms with E-state index in [-0.39, 0.29) is 12.5 Å². The lowest BCUT2D eigenvalue weighted by Gasteiger charge is -2.14. The molecule has 1 N–H and O–H groups in total. The highest BCUT2D eigenvalue weighted by Crippen LogP contribution is 2.44. The van der Waals surface area contributed by atoms with Gasteiger partial charge in [-0.1, -0.05) is 54.5 Å². The van der Waals surface area contributed by atoms with Gasteiger partial charge in [-0.2, -0.15) is 0 Å². The Labute approximate surface area is 320 Å². The molecule has 1 aliphatic carbocycles. The Morgan fingerprint density at radius 1 is 0.481 bits per heavy atom. The Bertz CT molecular complexity index is 1210. The van der Waals surface area contributed by atoms with E-state index >= 15 is 0 Å². The van der Waals surface area contributed by atoms with Crippen molar-refractivity contribution in [2.45, 2.75) is 5.92 Å². The second-order valence-corrected chi connectivity index (χ2v) is 11.6. The van der Waals surface area contributed by atoms with Gasteiger partial charge in [0, 0.05) is 12.5 Å². The first-order valence-corrected chi connectivity index (χ1v) is 18.7. The molecule has 0 saturated carbocycles. The lowest BCUT2D eigenvalue weighted by atomic mass is 9.98. The molecule has 0 unspecified atom stereocenters. The van der Waals surface area contributed by atoms with E-state index in [1.54, 1.807) is 0 Å². The number of amides is 1. The molecule has 0 aromatic heterocycles. The third-order valence-corrected chi connectivity index (χ3v) is 7.76. The van der Waals surface area contributed by atoms with E-state index in [2.05, 4.69) is 35.5 Å². The molecule has 0 saturated heterocycles. The minimum atomic E-state index is -0.454. The van der Waals surface area contributed by atoms with Gasteiger partial charge in [-0.05, 0) is 22.3 Å². The molecule has 3 rings (SSSR count). The molecule has 0 atom stereocenters. The molecular formula is C40H59NO13. The number of hydrogen-bond acceptors (Lipinski definition) is 13. The highest BCUT2D eigenvalue weighted by Gasteiger charge is 2.28. The fourth-order valence-corrected chi connectivity index (χ4v) is 5.20. The maximum Gasteiger partial charge on any atom is 0.407 e. The summed E-state index contributed by atoms with van der Waals surface area (Å²) >= 11 is 0. The summed E-state index contributed by atoms with van der Waals surface area (Å²) in [6.07, 6.45) is 4.63. The van der Waals surface area contributed by atoms with Gasteiger partial charge in [0.05, 0.1) is 139 Å². The topological polar surface area (TPSA) is 140 Å². The van der Waals surface area contributed by atoms with Crippen LogP contribution in [-0.2, 0) is 56.8 Å². The van der Waals surface area contributed by atoms with Crippen molar-refractivity contribution in [3.05, 3.63) is 59.7 Å². The zero-order valence-electron chi connectivity index (χ0n) is 31.6. The van der Waals surface area contributed by atoms with Gasteiger partial charge in [-0.3, -0.25) is 0 Å². The Morgan fingerprint density at radius 2 is 0.796 bits per heavy atom. The Balaban J connectivity index is 0.948. The van der Waals surface area contributed by atoms with E-state index in [0.29, 0.717) is 152 Å². The van der Waals surface area contributed by atoms with Crippen LogP contribution in [0, 0.1) is 12.3 Å². The van der Waals surface area contributed by atoms with Gasteiger partial charge in [0.25, 0.3) is 0 Å². The van der Waals surface area contributed by atoms with Crippen molar-refractivity contribution in [2.75, 3.05) is 159 Å². The predicted molar refractivity (Wildman–Crippen MR) is 201 cm³/mol. The molecule has 0 bridgehead atoms. The minimum absolute atomic E-state index is 0.0356. The number of carbonyl (C=O) groups excluding carboxylic acids is 1. The lowest BCUT2D eigenvalue weighted by Crippen LogP contribution is -2.29. The van der Waals surface area contributed by atoms with E-state index < -0.39 is 6.09 Å². The standard InChI is InChI=1S/C40H59NO13/c1-2-12-43-14-16-45-18-20-47-22-24-49-26-28-51-30-32-53-33-31-52-29-27-50-25-23-48-21-19-46-17-15-44-13-11-41-40(42)54-34-39-37-9-5-3-7-35(37)36-8-4-6-10-38(36)39/h1,3-10,39H,11-34H2,(H,41,42). The Kier molecular flexibility index (Phi) is 26.9. The first-order chi connectivity index (χ1) is 26.8. The van der Waals surface area contributed by atoms with Gasteiger partial charge >= 0.3 is 6.09 Å². The van der Waals surface area contributed by atoms with Gasteiger partial charge < -0.3 is 62.2 Å². The zero-order chi connectivity index (χ0) is 38.0. The molecule has 0 heterocycles. The van der Waals surface area contributed by atoms with Gasteiger partial charge in [0.1, 0.15) is 13.2 Å². The van der Waals surface area contributed by atoms with Crippen molar-refractivity contribution in [1.29, 1.82) is 0 Å². The third kappa shape index (κ3) is 21.1. The van der Waals surface area contributed by atoms with Crippen molar-refractivity contribution in [1.82, 2.24) is 5.32 Å². The maximum absolute atomic E-state index is 12.2. The number of nitrogens with one attached hydrogen (secondary N) is 1. The summed E-state index contributed by atoms with van der Waals surface area (Å²) in [7, 11) is 0. The van der Waals surface area contributed by atoms with Crippen molar-refractivity contribution < 1.29 is 61.6 Å². The van der Waals surface area contributed by atoms with Gasteiger partial charge in [0.15, 0.2) is 0 Å². The molecule has 54 heavy (non-hydrogen) atoms. The smallest absolute Gasteiger partial charge is 0.407 e. The first-order valence-electron chi connectivity index (χ1n) is 18.7. The second-order valence-electron chi connectivity index (χ2n) is 11.6. The number of benzene rings is 2. The molecule has 0 radical (unpaired) electrons. The lowest BCUT2D eigenvalue weighted by molar-refractivity contribution is -0.0272. The van der Waals surface area contributed by atoms with Crippen LogP contribution in [0.3, 0.4) is 0 Å². The number of terminal acetylenes is 1. The Morgan fingerprint density at radius 3 is 1.15 bits per heavy atom. The molecule has 0 fully saturated rings. The molecule has 2 aromatic rings. The molecule has 1 aliphatic rings. The molecule has 1 amide bonds. The molecule has 0 aliphatic heterocycles. The van der Waals surface area contributed by atoms with Crippen molar-refractivity contribution in [2.24, 2.45) is 0 Å². The van der Waals surface area contributed by atoms with Crippen LogP contribution >= 0.6 is 0 Å². The minimum Gasteiger partial charge on any atom is -0.449 e. The summed E-state index contributed by atoms with van der Waals surface area (Å²) in [5.41, 5.74) is 4.77. The van der Waals surface area contributed by atoms with Crippen molar-refractivity contribution in [3.8, 4) is 23.5 Å². The van der Waals surface area contributed by atoms with Crippen LogP contribution in [0.25, 0.3) is 11.1 Å².